The Bertz CT molecular complexity index is 484. The zero-order valence-electron chi connectivity index (χ0n) is 15.1. The number of esters is 1. The molecular formula is C18H30IN3O3. The van der Waals surface area contributed by atoms with Gasteiger partial charge in [0.05, 0.1) is 13.7 Å². The molecule has 0 radical (unpaired) electrons. The van der Waals surface area contributed by atoms with Crippen molar-refractivity contribution in [3.05, 3.63) is 30.3 Å². The highest BCUT2D eigenvalue weighted by Crippen LogP contribution is 2.08. The van der Waals surface area contributed by atoms with Crippen molar-refractivity contribution in [1.82, 2.24) is 10.6 Å². The molecule has 6 nitrogen and oxygen atoms in total. The molecule has 0 spiro atoms. The molecule has 0 amide bonds. The van der Waals surface area contributed by atoms with Crippen molar-refractivity contribution < 1.29 is 14.3 Å². The van der Waals surface area contributed by atoms with Crippen molar-refractivity contribution in [3.63, 3.8) is 0 Å². The van der Waals surface area contributed by atoms with Crippen LogP contribution in [0, 0.1) is 0 Å². The van der Waals surface area contributed by atoms with Gasteiger partial charge >= 0.3 is 5.97 Å². The van der Waals surface area contributed by atoms with E-state index in [9.17, 15) is 4.79 Å². The van der Waals surface area contributed by atoms with Crippen molar-refractivity contribution >= 4 is 35.9 Å². The maximum absolute atomic E-state index is 11.0. The number of methoxy groups -OCH3 is 1. The minimum atomic E-state index is -0.158. The van der Waals surface area contributed by atoms with E-state index in [0.717, 1.165) is 44.1 Å². The molecule has 2 N–H and O–H groups in total. The van der Waals surface area contributed by atoms with Crippen LogP contribution in [0.5, 0.6) is 5.75 Å². The number of carbonyl (C=O) groups excluding carboxylic acids is 1. The highest BCUT2D eigenvalue weighted by molar-refractivity contribution is 14.0. The Labute approximate surface area is 167 Å². The van der Waals surface area contributed by atoms with Gasteiger partial charge in [0, 0.05) is 32.5 Å². The number of nitrogens with one attached hydrogen (secondary N) is 2. The van der Waals surface area contributed by atoms with Crippen LogP contribution in [-0.2, 0) is 9.53 Å². The fourth-order valence-electron chi connectivity index (χ4n) is 2.01. The van der Waals surface area contributed by atoms with Crippen LogP contribution in [0.3, 0.4) is 0 Å². The molecule has 1 rings (SSSR count). The largest absolute Gasteiger partial charge is 0.494 e. The van der Waals surface area contributed by atoms with Gasteiger partial charge < -0.3 is 20.1 Å². The first-order chi connectivity index (χ1) is 11.8. The van der Waals surface area contributed by atoms with Gasteiger partial charge in [0.15, 0.2) is 5.96 Å². The van der Waals surface area contributed by atoms with E-state index >= 15 is 0 Å². The molecule has 7 heteroatoms. The normalized spacial score (nSPS) is 10.6. The lowest BCUT2D eigenvalue weighted by Crippen LogP contribution is -2.38. The molecule has 0 fully saturated rings. The van der Waals surface area contributed by atoms with Gasteiger partial charge in [-0.05, 0) is 31.9 Å². The molecular weight excluding hydrogens is 433 g/mol. The van der Waals surface area contributed by atoms with Crippen LogP contribution in [0.25, 0.3) is 0 Å². The summed E-state index contributed by atoms with van der Waals surface area (Å²) in [5, 5.41) is 6.48. The lowest BCUT2D eigenvalue weighted by atomic mass is 10.2. The first-order valence-electron chi connectivity index (χ1n) is 8.53. The summed E-state index contributed by atoms with van der Waals surface area (Å²) in [6.07, 6.45) is 3.02. The standard InChI is InChI=1S/C18H29N3O3.HI/c1-3-19-18(20-13-8-7-12-17(22)23-2)21-14-9-15-24-16-10-5-4-6-11-16;/h4-6,10-11H,3,7-9,12-15H2,1-2H3,(H2,19,20,21);1H. The van der Waals surface area contributed by atoms with Gasteiger partial charge in [-0.25, -0.2) is 0 Å². The fourth-order valence-corrected chi connectivity index (χ4v) is 2.01. The number of guanidine groups is 1. The molecule has 0 atom stereocenters. The first kappa shape index (κ1) is 23.5. The summed E-state index contributed by atoms with van der Waals surface area (Å²) in [5.74, 6) is 1.53. The first-order valence-corrected chi connectivity index (χ1v) is 8.53. The Morgan fingerprint density at radius 2 is 1.88 bits per heavy atom. The Morgan fingerprint density at radius 3 is 2.56 bits per heavy atom. The van der Waals surface area contributed by atoms with Gasteiger partial charge in [0.2, 0.25) is 0 Å². The van der Waals surface area contributed by atoms with E-state index in [2.05, 4.69) is 20.4 Å². The van der Waals surface area contributed by atoms with Crippen molar-refractivity contribution in [1.29, 1.82) is 0 Å². The van der Waals surface area contributed by atoms with Crippen LogP contribution >= 0.6 is 24.0 Å². The Kier molecular flexibility index (Phi) is 15.0. The summed E-state index contributed by atoms with van der Waals surface area (Å²) in [6.45, 7) is 4.97. The van der Waals surface area contributed by atoms with Crippen LogP contribution in [0.4, 0.5) is 0 Å². The molecule has 0 aliphatic heterocycles. The zero-order chi connectivity index (χ0) is 17.5. The van der Waals surface area contributed by atoms with E-state index in [1.54, 1.807) is 0 Å². The van der Waals surface area contributed by atoms with Gasteiger partial charge in [-0.2, -0.15) is 0 Å². The van der Waals surface area contributed by atoms with Crippen LogP contribution in [-0.4, -0.2) is 45.3 Å². The number of benzene rings is 1. The second-order valence-electron chi connectivity index (χ2n) is 5.24. The summed E-state index contributed by atoms with van der Waals surface area (Å²) in [4.78, 5) is 15.5. The zero-order valence-corrected chi connectivity index (χ0v) is 17.5. The molecule has 0 aliphatic rings. The fraction of sp³-hybridized carbons (Fsp3) is 0.556. The molecule has 0 aliphatic carbocycles. The topological polar surface area (TPSA) is 72.0 Å². The monoisotopic (exact) mass is 463 g/mol. The minimum Gasteiger partial charge on any atom is -0.494 e. The SMILES string of the molecule is CCNC(=NCCCOc1ccccc1)NCCCCC(=O)OC.I. The van der Waals surface area contributed by atoms with E-state index in [1.165, 1.54) is 7.11 Å². The average Bonchev–Trinajstić information content (AvgIpc) is 2.61. The van der Waals surface area contributed by atoms with E-state index < -0.39 is 0 Å². The summed E-state index contributed by atoms with van der Waals surface area (Å²) >= 11 is 0. The molecule has 0 aromatic heterocycles. The summed E-state index contributed by atoms with van der Waals surface area (Å²) in [6, 6.07) is 9.78. The van der Waals surface area contributed by atoms with Crippen molar-refractivity contribution in [2.45, 2.75) is 32.6 Å². The third-order valence-electron chi connectivity index (χ3n) is 3.26. The lowest BCUT2D eigenvalue weighted by Gasteiger charge is -2.11. The number of hydrogen-bond acceptors (Lipinski definition) is 4. The quantitative estimate of drug-likeness (QED) is 0.174. The molecule has 142 valence electrons. The third kappa shape index (κ3) is 12.5. The van der Waals surface area contributed by atoms with Crippen LogP contribution < -0.4 is 15.4 Å². The van der Waals surface area contributed by atoms with E-state index in [4.69, 9.17) is 4.74 Å². The van der Waals surface area contributed by atoms with Gasteiger partial charge in [-0.15, -0.1) is 24.0 Å². The van der Waals surface area contributed by atoms with Crippen molar-refractivity contribution in [3.8, 4) is 5.75 Å². The second-order valence-corrected chi connectivity index (χ2v) is 5.24. The van der Waals surface area contributed by atoms with E-state index in [1.807, 2.05) is 37.3 Å². The molecule has 1 aromatic carbocycles. The van der Waals surface area contributed by atoms with Crippen LogP contribution in [0.1, 0.15) is 32.6 Å². The van der Waals surface area contributed by atoms with Crippen molar-refractivity contribution in [2.75, 3.05) is 33.4 Å². The number of unbranched alkanes of at least 4 members (excludes halogenated alkanes) is 1. The molecule has 0 heterocycles. The maximum Gasteiger partial charge on any atom is 0.305 e. The number of para-hydroxylation sites is 1. The van der Waals surface area contributed by atoms with Crippen LogP contribution in [0.15, 0.2) is 35.3 Å². The number of carbonyl (C=O) groups is 1. The molecule has 0 saturated heterocycles. The predicted octanol–water partition coefficient (Wildman–Crippen LogP) is 2.97. The van der Waals surface area contributed by atoms with Gasteiger partial charge in [-0.3, -0.25) is 9.79 Å². The Morgan fingerprint density at radius 1 is 1.12 bits per heavy atom. The molecule has 0 saturated carbocycles. The molecule has 1 aromatic rings. The van der Waals surface area contributed by atoms with Crippen LogP contribution in [0.2, 0.25) is 0 Å². The molecule has 0 bridgehead atoms. The van der Waals surface area contributed by atoms with Gasteiger partial charge in [-0.1, -0.05) is 18.2 Å². The smallest absolute Gasteiger partial charge is 0.305 e. The Hall–Kier alpha value is -1.51. The van der Waals surface area contributed by atoms with Gasteiger partial charge in [0.25, 0.3) is 0 Å². The number of aliphatic imine (C=N–C) groups is 1. The molecule has 25 heavy (non-hydrogen) atoms. The number of rotatable bonds is 11. The highest BCUT2D eigenvalue weighted by atomic mass is 127. The third-order valence-corrected chi connectivity index (χ3v) is 3.26. The van der Waals surface area contributed by atoms with Gasteiger partial charge in [0.1, 0.15) is 5.75 Å². The lowest BCUT2D eigenvalue weighted by molar-refractivity contribution is -0.140. The van der Waals surface area contributed by atoms with E-state index in [0.29, 0.717) is 19.6 Å². The van der Waals surface area contributed by atoms with Crippen molar-refractivity contribution in [2.24, 2.45) is 4.99 Å². The summed E-state index contributed by atoms with van der Waals surface area (Å²) in [7, 11) is 1.41. The number of nitrogens with zero attached hydrogens (tertiary/aromatic N) is 1. The molecule has 0 unspecified atom stereocenters. The number of halogens is 1. The minimum absolute atomic E-state index is 0. The summed E-state index contributed by atoms with van der Waals surface area (Å²) in [5.41, 5.74) is 0. The van der Waals surface area contributed by atoms with E-state index in [-0.39, 0.29) is 29.9 Å². The second kappa shape index (κ2) is 16.0. The number of hydrogen-bond donors (Lipinski definition) is 2. The summed E-state index contributed by atoms with van der Waals surface area (Å²) < 4.78 is 10.3. The highest BCUT2D eigenvalue weighted by Gasteiger charge is 2.00. The predicted molar refractivity (Wildman–Crippen MR) is 112 cm³/mol. The maximum atomic E-state index is 11.0. The number of ether oxygens (including phenoxy) is 2. The average molecular weight is 463 g/mol. The Balaban J connectivity index is 0.00000576.